The van der Waals surface area contributed by atoms with Crippen molar-refractivity contribution in [3.8, 4) is 22.6 Å². The van der Waals surface area contributed by atoms with Gasteiger partial charge < -0.3 is 14.2 Å². The van der Waals surface area contributed by atoms with Crippen LogP contribution in [0.25, 0.3) is 17.2 Å². The van der Waals surface area contributed by atoms with Crippen molar-refractivity contribution in [3.63, 3.8) is 0 Å². The molecular formula is C29H27NO4. The van der Waals surface area contributed by atoms with Gasteiger partial charge in [-0.05, 0) is 48.6 Å². The van der Waals surface area contributed by atoms with E-state index in [0.717, 1.165) is 66.1 Å². The highest BCUT2D eigenvalue weighted by atomic mass is 16.5. The number of carbonyl (C=O) groups is 1. The van der Waals surface area contributed by atoms with E-state index < -0.39 is 0 Å². The summed E-state index contributed by atoms with van der Waals surface area (Å²) in [5.41, 5.74) is 5.77. The van der Waals surface area contributed by atoms with Gasteiger partial charge in [0.2, 0.25) is 5.78 Å². The Balaban J connectivity index is 1.23. The van der Waals surface area contributed by atoms with E-state index in [-0.39, 0.29) is 11.9 Å². The van der Waals surface area contributed by atoms with Crippen molar-refractivity contribution in [1.82, 2.24) is 4.90 Å². The van der Waals surface area contributed by atoms with Crippen LogP contribution in [0.2, 0.25) is 0 Å². The zero-order valence-electron chi connectivity index (χ0n) is 19.3. The molecule has 3 aromatic rings. The van der Waals surface area contributed by atoms with Crippen LogP contribution in [0.15, 0.2) is 66.4 Å². The van der Waals surface area contributed by atoms with Crippen molar-refractivity contribution in [3.05, 3.63) is 88.7 Å². The second-order valence-corrected chi connectivity index (χ2v) is 9.21. The van der Waals surface area contributed by atoms with Crippen LogP contribution in [0.5, 0.6) is 11.5 Å². The summed E-state index contributed by atoms with van der Waals surface area (Å²) in [6.45, 7) is 4.94. The first-order valence-electron chi connectivity index (χ1n) is 11.9. The molecule has 0 bridgehead atoms. The average Bonchev–Trinajstić information content (AvgIpc) is 3.49. The van der Waals surface area contributed by atoms with Gasteiger partial charge in [0.25, 0.3) is 0 Å². The maximum atomic E-state index is 13.2. The lowest BCUT2D eigenvalue weighted by molar-refractivity contribution is 0.0276. The zero-order chi connectivity index (χ0) is 23.1. The molecule has 3 aromatic carbocycles. The molecule has 0 spiro atoms. The highest BCUT2D eigenvalue weighted by Gasteiger charge is 2.34. The van der Waals surface area contributed by atoms with E-state index in [0.29, 0.717) is 23.8 Å². The summed E-state index contributed by atoms with van der Waals surface area (Å²) in [7, 11) is 0. The number of Topliss-reactive ketones (excluding diaryl/α,β-unsaturated/α-hetero) is 1. The lowest BCUT2D eigenvalue weighted by atomic mass is 9.99. The number of nitrogens with zero attached hydrogens (tertiary/aromatic N) is 1. The van der Waals surface area contributed by atoms with E-state index in [9.17, 15) is 4.79 Å². The molecule has 3 heterocycles. The van der Waals surface area contributed by atoms with Gasteiger partial charge in [-0.2, -0.15) is 0 Å². The van der Waals surface area contributed by atoms with Gasteiger partial charge >= 0.3 is 0 Å². The first-order valence-corrected chi connectivity index (χ1v) is 11.9. The molecule has 3 aliphatic heterocycles. The fourth-order valence-corrected chi connectivity index (χ4v) is 5.04. The molecule has 34 heavy (non-hydrogen) atoms. The minimum atomic E-state index is -0.0794. The van der Waals surface area contributed by atoms with Crippen LogP contribution in [0.4, 0.5) is 0 Å². The molecule has 6 rings (SSSR count). The third-order valence-electron chi connectivity index (χ3n) is 6.80. The molecule has 5 nitrogen and oxygen atoms in total. The van der Waals surface area contributed by atoms with Crippen LogP contribution in [0, 0.1) is 6.92 Å². The summed E-state index contributed by atoms with van der Waals surface area (Å²) in [5, 5.41) is 0. The van der Waals surface area contributed by atoms with Gasteiger partial charge in [0, 0.05) is 30.8 Å². The molecule has 1 unspecified atom stereocenters. The van der Waals surface area contributed by atoms with Gasteiger partial charge in [0.05, 0.1) is 11.7 Å². The van der Waals surface area contributed by atoms with E-state index in [1.807, 2.05) is 49.4 Å². The zero-order valence-corrected chi connectivity index (χ0v) is 19.3. The van der Waals surface area contributed by atoms with Gasteiger partial charge in [0.1, 0.15) is 18.2 Å². The number of benzene rings is 3. The van der Waals surface area contributed by atoms with Gasteiger partial charge in [-0.3, -0.25) is 9.69 Å². The van der Waals surface area contributed by atoms with E-state index in [2.05, 4.69) is 29.2 Å². The van der Waals surface area contributed by atoms with E-state index in [1.54, 1.807) is 0 Å². The number of hydrogen-bond acceptors (Lipinski definition) is 5. The van der Waals surface area contributed by atoms with Crippen molar-refractivity contribution in [2.24, 2.45) is 0 Å². The predicted octanol–water partition coefficient (Wildman–Crippen LogP) is 5.61. The SMILES string of the molecule is Cc1c2c(cc3c1O/C(=C\c1ccc(-c4ccccc4)cc1)C3=O)CN(CC1CCCO1)CO2. The molecule has 0 aliphatic carbocycles. The van der Waals surface area contributed by atoms with E-state index in [1.165, 1.54) is 0 Å². The largest absolute Gasteiger partial charge is 0.477 e. The Hall–Kier alpha value is -3.41. The Labute approximate surface area is 199 Å². The molecular weight excluding hydrogens is 426 g/mol. The minimum Gasteiger partial charge on any atom is -0.477 e. The lowest BCUT2D eigenvalue weighted by Gasteiger charge is -2.31. The minimum absolute atomic E-state index is 0.0794. The lowest BCUT2D eigenvalue weighted by Crippen LogP contribution is -2.37. The van der Waals surface area contributed by atoms with Crippen molar-refractivity contribution >= 4 is 11.9 Å². The number of ketones is 1. The normalized spacial score (nSPS) is 20.7. The molecule has 0 aromatic heterocycles. The molecule has 1 saturated heterocycles. The topological polar surface area (TPSA) is 48.0 Å². The summed E-state index contributed by atoms with van der Waals surface area (Å²) >= 11 is 0. The molecule has 5 heteroatoms. The van der Waals surface area contributed by atoms with Gasteiger partial charge in [0.15, 0.2) is 5.76 Å². The van der Waals surface area contributed by atoms with Crippen LogP contribution >= 0.6 is 0 Å². The Morgan fingerprint density at radius 1 is 1.03 bits per heavy atom. The Bertz CT molecular complexity index is 1260. The Morgan fingerprint density at radius 3 is 2.59 bits per heavy atom. The van der Waals surface area contributed by atoms with Crippen molar-refractivity contribution in [2.45, 2.75) is 32.4 Å². The van der Waals surface area contributed by atoms with E-state index in [4.69, 9.17) is 14.2 Å². The Morgan fingerprint density at radius 2 is 1.82 bits per heavy atom. The number of ether oxygens (including phenoxy) is 3. The van der Waals surface area contributed by atoms with Gasteiger partial charge in [-0.25, -0.2) is 0 Å². The standard InChI is InChI=1S/C29H27NO4/c1-19-28-23(16-30(18-33-28)17-24-8-5-13-32-24)15-25-27(31)26(34-29(19)25)14-20-9-11-22(12-10-20)21-6-3-2-4-7-21/h2-4,6-7,9-12,14-15,24H,5,8,13,16-18H2,1H3/b26-14-. The quantitative estimate of drug-likeness (QED) is 0.481. The molecule has 3 aliphatic rings. The third-order valence-corrected chi connectivity index (χ3v) is 6.80. The highest BCUT2D eigenvalue weighted by molar-refractivity contribution is 6.15. The first-order chi connectivity index (χ1) is 16.7. The van der Waals surface area contributed by atoms with Crippen LogP contribution in [0.1, 0.15) is 39.9 Å². The summed E-state index contributed by atoms with van der Waals surface area (Å²) in [4.78, 5) is 15.5. The molecule has 172 valence electrons. The van der Waals surface area contributed by atoms with Gasteiger partial charge in [-0.15, -0.1) is 0 Å². The summed E-state index contributed by atoms with van der Waals surface area (Å²) in [6.07, 6.45) is 4.31. The maximum Gasteiger partial charge on any atom is 0.231 e. The van der Waals surface area contributed by atoms with Crippen molar-refractivity contribution in [1.29, 1.82) is 0 Å². The van der Waals surface area contributed by atoms with Crippen molar-refractivity contribution in [2.75, 3.05) is 19.9 Å². The first kappa shape index (κ1) is 21.1. The Kier molecular flexibility index (Phi) is 5.44. The summed E-state index contributed by atoms with van der Waals surface area (Å²) in [5.74, 6) is 1.72. The molecule has 1 atom stereocenters. The van der Waals surface area contributed by atoms with Crippen molar-refractivity contribution < 1.29 is 19.0 Å². The maximum absolute atomic E-state index is 13.2. The molecule has 0 saturated carbocycles. The molecule has 0 radical (unpaired) electrons. The fourth-order valence-electron chi connectivity index (χ4n) is 5.04. The van der Waals surface area contributed by atoms with Crippen LogP contribution in [-0.4, -0.2) is 36.7 Å². The summed E-state index contributed by atoms with van der Waals surface area (Å²) in [6, 6.07) is 20.3. The smallest absolute Gasteiger partial charge is 0.231 e. The molecule has 0 amide bonds. The van der Waals surface area contributed by atoms with Crippen LogP contribution < -0.4 is 9.47 Å². The van der Waals surface area contributed by atoms with Gasteiger partial charge in [-0.1, -0.05) is 54.6 Å². The second-order valence-electron chi connectivity index (χ2n) is 9.21. The number of hydrogen-bond donors (Lipinski definition) is 0. The monoisotopic (exact) mass is 453 g/mol. The number of fused-ring (bicyclic) bond motifs is 2. The number of allylic oxidation sites excluding steroid dienone is 1. The van der Waals surface area contributed by atoms with Crippen LogP contribution in [-0.2, 0) is 11.3 Å². The number of rotatable bonds is 4. The number of carbonyl (C=O) groups excluding carboxylic acids is 1. The average molecular weight is 454 g/mol. The third kappa shape index (κ3) is 3.91. The highest BCUT2D eigenvalue weighted by Crippen LogP contribution is 2.43. The molecule has 1 fully saturated rings. The van der Waals surface area contributed by atoms with E-state index >= 15 is 0 Å². The van der Waals surface area contributed by atoms with Crippen LogP contribution in [0.3, 0.4) is 0 Å². The second kappa shape index (κ2) is 8.75. The fraction of sp³-hybridized carbons (Fsp3) is 0.276. The predicted molar refractivity (Wildman–Crippen MR) is 131 cm³/mol. The summed E-state index contributed by atoms with van der Waals surface area (Å²) < 4.78 is 18.0. The molecule has 0 N–H and O–H groups in total.